The third-order valence-corrected chi connectivity index (χ3v) is 5.52. The van der Waals surface area contributed by atoms with Gasteiger partial charge in [-0.2, -0.15) is 0 Å². The van der Waals surface area contributed by atoms with Crippen molar-refractivity contribution in [3.05, 3.63) is 0 Å². The Morgan fingerprint density at radius 2 is 1.68 bits per heavy atom. The molecule has 2 rings (SSSR count). The van der Waals surface area contributed by atoms with Gasteiger partial charge in [0.25, 0.3) is 0 Å². The Kier molecular flexibility index (Phi) is 5.97. The number of hydrogen-bond donors (Lipinski definition) is 0. The fraction of sp³-hybridized carbons (Fsp3) is 0.812. The predicted octanol–water partition coefficient (Wildman–Crippen LogP) is 2.20. The normalized spacial score (nSPS) is 31.9. The van der Waals surface area contributed by atoms with Crippen LogP contribution in [0.25, 0.3) is 0 Å². The van der Waals surface area contributed by atoms with Crippen LogP contribution in [0.1, 0.15) is 38.5 Å². The summed E-state index contributed by atoms with van der Waals surface area (Å²) in [6.45, 7) is 1.61. The Morgan fingerprint density at radius 3 is 2.41 bits per heavy atom. The average Bonchev–Trinajstić information content (AvgIpc) is 3.05. The molecule has 0 heterocycles. The van der Waals surface area contributed by atoms with E-state index in [0.29, 0.717) is 37.4 Å². The molecule has 0 aromatic rings. The molecule has 0 spiro atoms. The number of nitrogens with zero attached hydrogens (tertiary/aromatic N) is 3. The molecular formula is C16H21N3O3. The maximum atomic E-state index is 10.4. The van der Waals surface area contributed by atoms with Crippen LogP contribution < -0.4 is 0 Å². The number of isocyanates is 3. The maximum Gasteiger partial charge on any atom is 0.234 e. The van der Waals surface area contributed by atoms with Crippen LogP contribution in [-0.4, -0.2) is 37.9 Å². The van der Waals surface area contributed by atoms with Gasteiger partial charge in [0.2, 0.25) is 18.2 Å². The quantitative estimate of drug-likeness (QED) is 0.371. The summed E-state index contributed by atoms with van der Waals surface area (Å²) in [4.78, 5) is 41.9. The summed E-state index contributed by atoms with van der Waals surface area (Å²) in [5.74, 6) is 1.64. The number of rotatable bonds is 9. The van der Waals surface area contributed by atoms with Crippen molar-refractivity contribution >= 4 is 18.2 Å². The summed E-state index contributed by atoms with van der Waals surface area (Å²) in [6, 6.07) is 0. The molecule has 4 atom stereocenters. The highest BCUT2D eigenvalue weighted by molar-refractivity contribution is 5.33. The smallest absolute Gasteiger partial charge is 0.211 e. The Balaban J connectivity index is 2.00. The van der Waals surface area contributed by atoms with Crippen molar-refractivity contribution < 1.29 is 14.4 Å². The van der Waals surface area contributed by atoms with Gasteiger partial charge in [-0.3, -0.25) is 0 Å². The SMILES string of the molecule is O=C=NCCCC12CC(CCN=C=O)C(CC1CN=C=O)C2. The van der Waals surface area contributed by atoms with Gasteiger partial charge in [-0.15, -0.1) is 0 Å². The van der Waals surface area contributed by atoms with Crippen LogP contribution >= 0.6 is 0 Å². The average molecular weight is 303 g/mol. The van der Waals surface area contributed by atoms with E-state index < -0.39 is 0 Å². The zero-order valence-electron chi connectivity index (χ0n) is 12.7. The Labute approximate surface area is 129 Å². The second-order valence-electron chi connectivity index (χ2n) is 6.49. The largest absolute Gasteiger partial charge is 0.234 e. The van der Waals surface area contributed by atoms with Gasteiger partial charge in [0.15, 0.2) is 0 Å². The molecule has 2 fully saturated rings. The second-order valence-corrected chi connectivity index (χ2v) is 6.49. The molecule has 0 aromatic heterocycles. The molecule has 0 aliphatic heterocycles. The van der Waals surface area contributed by atoms with Crippen molar-refractivity contribution in [2.75, 3.05) is 19.6 Å². The molecule has 2 aliphatic rings. The standard InChI is InChI=1S/C16H21N3O3/c20-10-17-4-1-3-16-7-13(2-5-18-11-21)14(8-16)6-15(16)9-19-12-22/h13-15H,1-9H2. The van der Waals surface area contributed by atoms with E-state index in [4.69, 9.17) is 0 Å². The molecule has 118 valence electrons. The minimum absolute atomic E-state index is 0.193. The van der Waals surface area contributed by atoms with Crippen LogP contribution in [-0.2, 0) is 14.4 Å². The minimum Gasteiger partial charge on any atom is -0.211 e. The van der Waals surface area contributed by atoms with E-state index >= 15 is 0 Å². The molecule has 0 aromatic carbocycles. The number of aliphatic imine (C=N–C) groups is 3. The molecule has 6 nitrogen and oxygen atoms in total. The predicted molar refractivity (Wildman–Crippen MR) is 79.6 cm³/mol. The van der Waals surface area contributed by atoms with Crippen molar-refractivity contribution in [1.82, 2.24) is 0 Å². The van der Waals surface area contributed by atoms with Gasteiger partial charge in [-0.05, 0) is 61.7 Å². The first-order chi connectivity index (χ1) is 10.8. The summed E-state index contributed by atoms with van der Waals surface area (Å²) in [5, 5.41) is 0. The van der Waals surface area contributed by atoms with E-state index in [0.717, 1.165) is 38.5 Å². The highest BCUT2D eigenvalue weighted by atomic mass is 16.1. The summed E-state index contributed by atoms with van der Waals surface area (Å²) >= 11 is 0. The van der Waals surface area contributed by atoms with Gasteiger partial charge in [-0.25, -0.2) is 29.4 Å². The van der Waals surface area contributed by atoms with Gasteiger partial charge in [0, 0.05) is 0 Å². The molecule has 22 heavy (non-hydrogen) atoms. The summed E-state index contributed by atoms with van der Waals surface area (Å²) in [7, 11) is 0. The lowest BCUT2D eigenvalue weighted by Crippen LogP contribution is -2.31. The topological polar surface area (TPSA) is 88.3 Å². The van der Waals surface area contributed by atoms with Crippen LogP contribution in [0.4, 0.5) is 0 Å². The van der Waals surface area contributed by atoms with E-state index in [9.17, 15) is 14.4 Å². The van der Waals surface area contributed by atoms with Gasteiger partial charge in [0.1, 0.15) is 0 Å². The third kappa shape index (κ3) is 3.66. The zero-order valence-corrected chi connectivity index (χ0v) is 12.7. The van der Waals surface area contributed by atoms with E-state index in [2.05, 4.69) is 15.0 Å². The lowest BCUT2D eigenvalue weighted by molar-refractivity contribution is 0.139. The fourth-order valence-corrected chi connectivity index (χ4v) is 4.68. The molecule has 4 unspecified atom stereocenters. The third-order valence-electron chi connectivity index (χ3n) is 5.52. The molecule has 2 saturated carbocycles. The first kappa shape index (κ1) is 16.5. The molecule has 0 saturated heterocycles. The molecule has 6 heteroatoms. The van der Waals surface area contributed by atoms with Crippen LogP contribution in [0, 0.1) is 23.2 Å². The molecule has 0 amide bonds. The molecule has 0 N–H and O–H groups in total. The molecule has 2 bridgehead atoms. The highest BCUT2D eigenvalue weighted by Gasteiger charge is 2.55. The zero-order chi connectivity index (χ0) is 15.8. The number of hydrogen-bond acceptors (Lipinski definition) is 6. The lowest BCUT2D eigenvalue weighted by atomic mass is 9.69. The summed E-state index contributed by atoms with van der Waals surface area (Å²) in [5.41, 5.74) is 0.193. The Bertz CT molecular complexity index is 531. The maximum absolute atomic E-state index is 10.4. The van der Waals surface area contributed by atoms with Crippen molar-refractivity contribution in [3.63, 3.8) is 0 Å². The first-order valence-electron chi connectivity index (χ1n) is 7.86. The second kappa shape index (κ2) is 7.95. The van der Waals surface area contributed by atoms with Crippen molar-refractivity contribution in [2.24, 2.45) is 38.1 Å². The van der Waals surface area contributed by atoms with Crippen LogP contribution in [0.2, 0.25) is 0 Å². The van der Waals surface area contributed by atoms with Gasteiger partial charge < -0.3 is 0 Å². The minimum atomic E-state index is 0.193. The monoisotopic (exact) mass is 303 g/mol. The molecule has 0 radical (unpaired) electrons. The van der Waals surface area contributed by atoms with Crippen LogP contribution in [0.3, 0.4) is 0 Å². The fourth-order valence-electron chi connectivity index (χ4n) is 4.68. The van der Waals surface area contributed by atoms with E-state index in [1.165, 1.54) is 0 Å². The van der Waals surface area contributed by atoms with Crippen molar-refractivity contribution in [1.29, 1.82) is 0 Å². The molecular weight excluding hydrogens is 282 g/mol. The highest BCUT2D eigenvalue weighted by Crippen LogP contribution is 2.63. The van der Waals surface area contributed by atoms with Gasteiger partial charge in [0.05, 0.1) is 19.6 Å². The first-order valence-corrected chi connectivity index (χ1v) is 7.86. The van der Waals surface area contributed by atoms with Crippen LogP contribution in [0.5, 0.6) is 0 Å². The molecule has 2 aliphatic carbocycles. The van der Waals surface area contributed by atoms with Crippen LogP contribution in [0.15, 0.2) is 15.0 Å². The van der Waals surface area contributed by atoms with Crippen molar-refractivity contribution in [3.8, 4) is 0 Å². The van der Waals surface area contributed by atoms with Gasteiger partial charge >= 0.3 is 0 Å². The Hall–Kier alpha value is -1.86. The summed E-state index contributed by atoms with van der Waals surface area (Å²) < 4.78 is 0. The van der Waals surface area contributed by atoms with E-state index in [1.807, 2.05) is 0 Å². The Morgan fingerprint density at radius 1 is 0.955 bits per heavy atom. The summed E-state index contributed by atoms with van der Waals surface area (Å²) in [6.07, 6.45) is 10.9. The van der Waals surface area contributed by atoms with Gasteiger partial charge in [-0.1, -0.05) is 0 Å². The van der Waals surface area contributed by atoms with E-state index in [1.54, 1.807) is 18.2 Å². The number of carbonyl (C=O) groups excluding carboxylic acids is 3. The lowest BCUT2D eigenvalue weighted by Gasteiger charge is -2.37. The van der Waals surface area contributed by atoms with E-state index in [-0.39, 0.29) is 5.41 Å². The number of fused-ring (bicyclic) bond motifs is 2. The van der Waals surface area contributed by atoms with Crippen molar-refractivity contribution in [2.45, 2.75) is 38.5 Å².